The lowest BCUT2D eigenvalue weighted by molar-refractivity contribution is 0.143. The van der Waals surface area contributed by atoms with Gasteiger partial charge in [-0.25, -0.2) is 23.6 Å². The van der Waals surface area contributed by atoms with Gasteiger partial charge in [0.25, 0.3) is 0 Å². The molecule has 0 aliphatic rings. The van der Waals surface area contributed by atoms with E-state index in [1.807, 2.05) is 0 Å². The van der Waals surface area contributed by atoms with E-state index in [2.05, 4.69) is 31.5 Å². The molecule has 0 atom stereocenters. The first-order chi connectivity index (χ1) is 15.8. The molecule has 10 nitrogen and oxygen atoms in total. The molecule has 1 amide bonds. The van der Waals surface area contributed by atoms with Gasteiger partial charge in [0.2, 0.25) is 0 Å². The van der Waals surface area contributed by atoms with Crippen molar-refractivity contribution in [2.45, 2.75) is 6.54 Å². The highest BCUT2D eigenvalue weighted by Crippen LogP contribution is 2.25. The average molecular weight is 456 g/mol. The standard InChI is InChI=1S/C21H22F2N8O2/c1-26-20(28-19(25)16(9-24)30(2)21(32)33-3)17-14-7-13(22)8-15(23)18(14)31(29-17)11-12-5-4-6-27-10-12/h4-8,10H,1,9,11,24-25H2,2-3H3/b19-16+,28-20-. The van der Waals surface area contributed by atoms with Crippen molar-refractivity contribution < 1.29 is 18.3 Å². The van der Waals surface area contributed by atoms with Crippen LogP contribution >= 0.6 is 0 Å². The van der Waals surface area contributed by atoms with Gasteiger partial charge in [0.1, 0.15) is 22.8 Å². The van der Waals surface area contributed by atoms with E-state index in [1.54, 1.807) is 24.5 Å². The number of carbonyl (C=O) groups is 1. The van der Waals surface area contributed by atoms with Crippen molar-refractivity contribution in [2.75, 3.05) is 20.7 Å². The summed E-state index contributed by atoms with van der Waals surface area (Å²) in [5, 5.41) is 4.51. The van der Waals surface area contributed by atoms with Crippen LogP contribution in [0.4, 0.5) is 13.6 Å². The third kappa shape index (κ3) is 4.85. The number of methoxy groups -OCH3 is 1. The van der Waals surface area contributed by atoms with Gasteiger partial charge in [-0.1, -0.05) is 6.07 Å². The molecule has 2 heterocycles. The summed E-state index contributed by atoms with van der Waals surface area (Å²) >= 11 is 0. The minimum Gasteiger partial charge on any atom is -0.452 e. The van der Waals surface area contributed by atoms with Crippen molar-refractivity contribution in [3.05, 3.63) is 71.1 Å². The number of rotatable bonds is 6. The average Bonchev–Trinajstić information content (AvgIpc) is 3.15. The number of aromatic nitrogens is 3. The van der Waals surface area contributed by atoms with Gasteiger partial charge >= 0.3 is 6.09 Å². The van der Waals surface area contributed by atoms with Gasteiger partial charge in [0, 0.05) is 37.4 Å². The van der Waals surface area contributed by atoms with Crippen molar-refractivity contribution in [3.8, 4) is 0 Å². The fourth-order valence-electron chi connectivity index (χ4n) is 3.18. The zero-order chi connectivity index (χ0) is 24.1. The third-order valence-corrected chi connectivity index (χ3v) is 4.75. The molecule has 2 aromatic heterocycles. The Bertz CT molecular complexity index is 1250. The number of amides is 1. The first kappa shape index (κ1) is 23.5. The monoisotopic (exact) mass is 456 g/mol. The number of ether oxygens (including phenoxy) is 1. The van der Waals surface area contributed by atoms with Crippen LogP contribution in [0, 0.1) is 11.6 Å². The highest BCUT2D eigenvalue weighted by molar-refractivity contribution is 6.10. The number of fused-ring (bicyclic) bond motifs is 1. The smallest absolute Gasteiger partial charge is 0.413 e. The largest absolute Gasteiger partial charge is 0.452 e. The second-order valence-corrected chi connectivity index (χ2v) is 6.81. The van der Waals surface area contributed by atoms with Crippen molar-refractivity contribution in [1.82, 2.24) is 19.7 Å². The number of nitrogens with zero attached hydrogens (tertiary/aromatic N) is 6. The molecule has 0 saturated heterocycles. The van der Waals surface area contributed by atoms with Crippen LogP contribution in [0.15, 0.2) is 58.2 Å². The van der Waals surface area contributed by atoms with E-state index >= 15 is 0 Å². The van der Waals surface area contributed by atoms with Crippen LogP contribution in [-0.4, -0.2) is 59.0 Å². The molecule has 0 spiro atoms. The molecule has 0 saturated carbocycles. The van der Waals surface area contributed by atoms with Crippen LogP contribution < -0.4 is 11.5 Å². The topological polar surface area (TPSA) is 137 Å². The zero-order valence-corrected chi connectivity index (χ0v) is 18.0. The summed E-state index contributed by atoms with van der Waals surface area (Å²) in [7, 11) is 2.60. The molecule has 12 heteroatoms. The first-order valence-electron chi connectivity index (χ1n) is 9.61. The fourth-order valence-corrected chi connectivity index (χ4v) is 3.18. The highest BCUT2D eigenvalue weighted by atomic mass is 19.1. The summed E-state index contributed by atoms with van der Waals surface area (Å²) in [6.07, 6.45) is 2.50. The Morgan fingerprint density at radius 2 is 2.12 bits per heavy atom. The van der Waals surface area contributed by atoms with Gasteiger partial charge in [-0.3, -0.25) is 14.6 Å². The van der Waals surface area contributed by atoms with E-state index in [9.17, 15) is 13.6 Å². The lowest BCUT2D eigenvalue weighted by Crippen LogP contribution is -2.32. The molecule has 0 unspecified atom stereocenters. The molecule has 0 bridgehead atoms. The summed E-state index contributed by atoms with van der Waals surface area (Å²) in [4.78, 5) is 25.0. The Morgan fingerprint density at radius 3 is 2.73 bits per heavy atom. The number of amidine groups is 1. The molecule has 4 N–H and O–H groups in total. The van der Waals surface area contributed by atoms with Gasteiger partial charge in [-0.15, -0.1) is 0 Å². The zero-order valence-electron chi connectivity index (χ0n) is 18.0. The normalized spacial score (nSPS) is 12.5. The number of pyridine rings is 1. The predicted molar refractivity (Wildman–Crippen MR) is 120 cm³/mol. The molecular weight excluding hydrogens is 434 g/mol. The van der Waals surface area contributed by atoms with Gasteiger partial charge in [-0.2, -0.15) is 5.10 Å². The number of hydrogen-bond acceptors (Lipinski definition) is 7. The molecule has 3 aromatic rings. The Morgan fingerprint density at radius 1 is 1.36 bits per heavy atom. The van der Waals surface area contributed by atoms with E-state index in [-0.39, 0.29) is 47.0 Å². The number of aliphatic imine (C=N–C) groups is 2. The van der Waals surface area contributed by atoms with Crippen LogP contribution in [0.5, 0.6) is 0 Å². The van der Waals surface area contributed by atoms with Crippen LogP contribution in [0.25, 0.3) is 10.9 Å². The number of halogens is 2. The Labute approximate surface area is 187 Å². The quantitative estimate of drug-likeness (QED) is 0.430. The summed E-state index contributed by atoms with van der Waals surface area (Å²) in [6, 6.07) is 5.40. The van der Waals surface area contributed by atoms with E-state index in [0.29, 0.717) is 0 Å². The second-order valence-electron chi connectivity index (χ2n) is 6.81. The number of hydrogen-bond donors (Lipinski definition) is 2. The van der Waals surface area contributed by atoms with Gasteiger partial charge in [-0.05, 0) is 24.4 Å². The van der Waals surface area contributed by atoms with E-state index in [0.717, 1.165) is 22.6 Å². The van der Waals surface area contributed by atoms with Crippen molar-refractivity contribution in [1.29, 1.82) is 0 Å². The van der Waals surface area contributed by atoms with Crippen LogP contribution in [0.2, 0.25) is 0 Å². The van der Waals surface area contributed by atoms with Gasteiger partial charge in [0.05, 0.1) is 19.4 Å². The van der Waals surface area contributed by atoms with Crippen molar-refractivity contribution in [2.24, 2.45) is 21.5 Å². The molecular formula is C21H22F2N8O2. The Hall–Kier alpha value is -4.19. The van der Waals surface area contributed by atoms with Crippen LogP contribution in [0.3, 0.4) is 0 Å². The Kier molecular flexibility index (Phi) is 7.08. The van der Waals surface area contributed by atoms with Gasteiger partial charge in [0.15, 0.2) is 11.7 Å². The first-order valence-corrected chi connectivity index (χ1v) is 9.61. The van der Waals surface area contributed by atoms with E-state index < -0.39 is 17.7 Å². The maximum Gasteiger partial charge on any atom is 0.413 e. The second kappa shape index (κ2) is 9.96. The maximum atomic E-state index is 14.8. The lowest BCUT2D eigenvalue weighted by atomic mass is 10.2. The molecule has 33 heavy (non-hydrogen) atoms. The molecule has 3 rings (SSSR count). The van der Waals surface area contributed by atoms with E-state index in [1.165, 1.54) is 18.8 Å². The third-order valence-electron chi connectivity index (χ3n) is 4.75. The predicted octanol–water partition coefficient (Wildman–Crippen LogP) is 1.99. The SMILES string of the molecule is C=N/C(=N\C(N)=C(/CN)N(C)C(=O)OC)c1nn(Cc2cccnc2)c2c(F)cc(F)cc12. The molecule has 0 fully saturated rings. The lowest BCUT2D eigenvalue weighted by Gasteiger charge is -2.18. The van der Waals surface area contributed by atoms with E-state index in [4.69, 9.17) is 11.5 Å². The highest BCUT2D eigenvalue weighted by Gasteiger charge is 2.21. The molecule has 172 valence electrons. The van der Waals surface area contributed by atoms with Crippen molar-refractivity contribution >= 4 is 29.5 Å². The minimum atomic E-state index is -0.812. The molecule has 0 aliphatic heterocycles. The minimum absolute atomic E-state index is 0.0416. The number of carbonyl (C=O) groups excluding carboxylic acids is 1. The molecule has 0 aliphatic carbocycles. The fraction of sp³-hybridized carbons (Fsp3) is 0.190. The summed E-state index contributed by atoms with van der Waals surface area (Å²) in [5.74, 6) is -1.90. The number of likely N-dealkylation sites (N-methyl/N-ethyl adjacent to an activating group) is 1. The van der Waals surface area contributed by atoms with Crippen LogP contribution in [-0.2, 0) is 11.3 Å². The maximum absolute atomic E-state index is 14.8. The van der Waals surface area contributed by atoms with Crippen molar-refractivity contribution in [3.63, 3.8) is 0 Å². The molecule has 0 radical (unpaired) electrons. The Balaban J connectivity index is 2.19. The number of nitrogens with two attached hydrogens (primary N) is 2. The summed E-state index contributed by atoms with van der Waals surface area (Å²) in [5.41, 5.74) is 12.7. The van der Waals surface area contributed by atoms with Crippen LogP contribution in [0.1, 0.15) is 11.3 Å². The number of benzene rings is 1. The molecule has 1 aromatic carbocycles. The van der Waals surface area contributed by atoms with Gasteiger partial charge < -0.3 is 16.2 Å². The summed E-state index contributed by atoms with van der Waals surface area (Å²) in [6.45, 7) is 3.48. The summed E-state index contributed by atoms with van der Waals surface area (Å²) < 4.78 is 34.8.